The Morgan fingerprint density at radius 1 is 1.34 bits per heavy atom. The van der Waals surface area contributed by atoms with Crippen molar-refractivity contribution in [1.29, 1.82) is 0 Å². The van der Waals surface area contributed by atoms with E-state index < -0.39 is 18.0 Å². The van der Waals surface area contributed by atoms with Crippen molar-refractivity contribution in [2.75, 3.05) is 31.1 Å². The Labute approximate surface area is 171 Å². The Balaban J connectivity index is 1.81. The molecule has 1 atom stereocenters. The molecule has 1 aromatic carbocycles. The molecule has 2 heterocycles. The molecule has 0 unspecified atom stereocenters. The number of halogens is 2. The largest absolute Gasteiger partial charge is 0.473 e. The smallest absolute Gasteiger partial charge is 0.407 e. The van der Waals surface area contributed by atoms with Crippen molar-refractivity contribution >= 4 is 29.8 Å². The van der Waals surface area contributed by atoms with Gasteiger partial charge in [-0.15, -0.1) is 0 Å². The van der Waals surface area contributed by atoms with Gasteiger partial charge in [-0.3, -0.25) is 4.79 Å². The summed E-state index contributed by atoms with van der Waals surface area (Å²) in [5, 5.41) is 19.1. The lowest BCUT2D eigenvalue weighted by Gasteiger charge is -2.40. The number of piperazine rings is 1. The topological polar surface area (TPSA) is 103 Å². The summed E-state index contributed by atoms with van der Waals surface area (Å²) < 4.78 is 19.5. The Hall–Kier alpha value is -2.91. The summed E-state index contributed by atoms with van der Waals surface area (Å²) >= 11 is 5.74. The molecular weight excluding hydrogens is 405 g/mol. The number of nitrogens with zero attached hydrogens (tertiary/aromatic N) is 3. The summed E-state index contributed by atoms with van der Waals surface area (Å²) in [6.45, 7) is 0.122. The molecule has 1 aromatic heterocycles. The summed E-state index contributed by atoms with van der Waals surface area (Å²) in [6.07, 6.45) is -0.447. The van der Waals surface area contributed by atoms with Crippen molar-refractivity contribution in [3.05, 3.63) is 52.3 Å². The van der Waals surface area contributed by atoms with Gasteiger partial charge in [0.25, 0.3) is 0 Å². The standard InChI is InChI=1S/C19H19ClFN3O5/c20-14-3-1-13(16(21)7-14)11-29-17-4-2-12(9-25)18(22-17)24-6-5-23(19(27)28)8-15(24)10-26/h1-4,7,9,15,26H,5-6,8,10-11H2,(H,27,28)/t15-/m1/s1. The van der Waals surface area contributed by atoms with E-state index in [0.717, 1.165) is 0 Å². The predicted octanol–water partition coefficient (Wildman–Crippen LogP) is 2.43. The molecule has 154 valence electrons. The number of carboxylic acid groups (broad SMARTS) is 1. The lowest BCUT2D eigenvalue weighted by molar-refractivity contribution is 0.111. The lowest BCUT2D eigenvalue weighted by Crippen LogP contribution is -2.56. The molecule has 1 fully saturated rings. The van der Waals surface area contributed by atoms with Crippen LogP contribution in [0.1, 0.15) is 15.9 Å². The number of hydrogen-bond acceptors (Lipinski definition) is 6. The molecule has 1 aliphatic heterocycles. The van der Waals surface area contributed by atoms with Crippen LogP contribution in [0.2, 0.25) is 5.02 Å². The van der Waals surface area contributed by atoms with Gasteiger partial charge in [-0.1, -0.05) is 17.7 Å². The van der Waals surface area contributed by atoms with Crippen LogP contribution in [0.4, 0.5) is 15.0 Å². The fourth-order valence-electron chi connectivity index (χ4n) is 3.10. The Morgan fingerprint density at radius 2 is 2.14 bits per heavy atom. The van der Waals surface area contributed by atoms with E-state index in [9.17, 15) is 19.1 Å². The molecule has 29 heavy (non-hydrogen) atoms. The van der Waals surface area contributed by atoms with E-state index >= 15 is 0 Å². The quantitative estimate of drug-likeness (QED) is 0.688. The number of rotatable bonds is 6. The first-order valence-corrected chi connectivity index (χ1v) is 9.19. The third-order valence-electron chi connectivity index (χ3n) is 4.63. The maximum Gasteiger partial charge on any atom is 0.407 e. The second-order valence-corrected chi connectivity index (χ2v) is 6.90. The van der Waals surface area contributed by atoms with Crippen molar-refractivity contribution in [3.63, 3.8) is 0 Å². The molecule has 2 aromatic rings. The number of ether oxygens (including phenoxy) is 1. The fourth-order valence-corrected chi connectivity index (χ4v) is 3.26. The minimum Gasteiger partial charge on any atom is -0.473 e. The highest BCUT2D eigenvalue weighted by atomic mass is 35.5. The van der Waals surface area contributed by atoms with E-state index in [1.54, 1.807) is 11.0 Å². The van der Waals surface area contributed by atoms with Crippen molar-refractivity contribution in [2.24, 2.45) is 0 Å². The molecule has 0 radical (unpaired) electrons. The Morgan fingerprint density at radius 3 is 2.79 bits per heavy atom. The van der Waals surface area contributed by atoms with Crippen LogP contribution in [-0.2, 0) is 6.61 Å². The molecule has 3 rings (SSSR count). The maximum absolute atomic E-state index is 13.9. The number of benzene rings is 1. The third-order valence-corrected chi connectivity index (χ3v) is 4.87. The number of carbonyl (C=O) groups excluding carboxylic acids is 1. The molecule has 1 amide bonds. The predicted molar refractivity (Wildman–Crippen MR) is 103 cm³/mol. The van der Waals surface area contributed by atoms with Gasteiger partial charge in [-0.25, -0.2) is 9.18 Å². The first-order valence-electron chi connectivity index (χ1n) is 8.81. The SMILES string of the molecule is O=Cc1ccc(OCc2ccc(Cl)cc2F)nc1N1CCN(C(=O)O)C[C@@H]1CO. The average Bonchev–Trinajstić information content (AvgIpc) is 2.72. The van der Waals surface area contributed by atoms with Crippen LogP contribution >= 0.6 is 11.6 Å². The number of pyridine rings is 1. The van der Waals surface area contributed by atoms with Crippen molar-refractivity contribution < 1.29 is 28.9 Å². The van der Waals surface area contributed by atoms with Crippen LogP contribution < -0.4 is 9.64 Å². The van der Waals surface area contributed by atoms with Crippen molar-refractivity contribution in [2.45, 2.75) is 12.6 Å². The second kappa shape index (κ2) is 9.06. The lowest BCUT2D eigenvalue weighted by atomic mass is 10.1. The molecule has 1 aliphatic rings. The highest BCUT2D eigenvalue weighted by Crippen LogP contribution is 2.26. The molecule has 0 saturated carbocycles. The van der Waals surface area contributed by atoms with Gasteiger partial charge in [-0.05, 0) is 18.2 Å². The first kappa shape index (κ1) is 20.8. The molecule has 0 bridgehead atoms. The minimum atomic E-state index is -1.08. The van der Waals surface area contributed by atoms with E-state index in [0.29, 0.717) is 11.8 Å². The highest BCUT2D eigenvalue weighted by Gasteiger charge is 2.31. The van der Waals surface area contributed by atoms with Crippen LogP contribution in [-0.4, -0.2) is 64.8 Å². The molecule has 10 heteroatoms. The van der Waals surface area contributed by atoms with Gasteiger partial charge in [0.15, 0.2) is 6.29 Å². The first-order chi connectivity index (χ1) is 13.9. The fraction of sp³-hybridized carbons (Fsp3) is 0.316. The number of aldehydes is 1. The van der Waals surface area contributed by atoms with Gasteiger partial charge >= 0.3 is 6.09 Å². The zero-order chi connectivity index (χ0) is 21.0. The number of aliphatic hydroxyl groups is 1. The number of carbonyl (C=O) groups is 2. The summed E-state index contributed by atoms with van der Waals surface area (Å²) in [6, 6.07) is 6.68. The molecular formula is C19H19ClFN3O5. The van der Waals surface area contributed by atoms with Gasteiger partial charge in [-0.2, -0.15) is 4.98 Å². The number of hydrogen-bond donors (Lipinski definition) is 2. The third kappa shape index (κ3) is 4.75. The molecule has 2 N–H and O–H groups in total. The molecule has 1 saturated heterocycles. The second-order valence-electron chi connectivity index (χ2n) is 6.46. The number of amides is 1. The van der Waals surface area contributed by atoms with Crippen LogP contribution in [0.3, 0.4) is 0 Å². The Bertz CT molecular complexity index is 913. The number of aromatic nitrogens is 1. The van der Waals surface area contributed by atoms with E-state index in [2.05, 4.69) is 4.98 Å². The van der Waals surface area contributed by atoms with Gasteiger partial charge < -0.3 is 24.7 Å². The molecule has 0 spiro atoms. The van der Waals surface area contributed by atoms with E-state index in [-0.39, 0.29) is 55.1 Å². The summed E-state index contributed by atoms with van der Waals surface area (Å²) in [7, 11) is 0. The normalized spacial score (nSPS) is 16.6. The summed E-state index contributed by atoms with van der Waals surface area (Å²) in [4.78, 5) is 29.9. The monoisotopic (exact) mass is 423 g/mol. The van der Waals surface area contributed by atoms with Crippen LogP contribution in [0.25, 0.3) is 0 Å². The van der Waals surface area contributed by atoms with Crippen molar-refractivity contribution in [1.82, 2.24) is 9.88 Å². The van der Waals surface area contributed by atoms with Crippen LogP contribution in [0, 0.1) is 5.82 Å². The van der Waals surface area contributed by atoms with E-state index in [1.807, 2.05) is 0 Å². The average molecular weight is 424 g/mol. The van der Waals surface area contributed by atoms with E-state index in [1.165, 1.54) is 29.2 Å². The zero-order valence-corrected chi connectivity index (χ0v) is 16.0. The van der Waals surface area contributed by atoms with Gasteiger partial charge in [0.1, 0.15) is 18.2 Å². The highest BCUT2D eigenvalue weighted by molar-refractivity contribution is 6.30. The van der Waals surface area contributed by atoms with Crippen LogP contribution in [0.15, 0.2) is 30.3 Å². The van der Waals surface area contributed by atoms with Gasteiger partial charge in [0, 0.05) is 36.3 Å². The zero-order valence-electron chi connectivity index (χ0n) is 15.3. The van der Waals surface area contributed by atoms with Crippen molar-refractivity contribution in [3.8, 4) is 5.88 Å². The number of aliphatic hydroxyl groups excluding tert-OH is 1. The Kier molecular flexibility index (Phi) is 6.50. The maximum atomic E-state index is 13.9. The molecule has 0 aliphatic carbocycles. The van der Waals surface area contributed by atoms with Gasteiger partial charge in [0.05, 0.1) is 18.2 Å². The summed E-state index contributed by atoms with van der Waals surface area (Å²) in [5.41, 5.74) is 0.567. The molecule has 8 nitrogen and oxygen atoms in total. The van der Waals surface area contributed by atoms with Crippen LogP contribution in [0.5, 0.6) is 5.88 Å². The van der Waals surface area contributed by atoms with Gasteiger partial charge in [0.2, 0.25) is 5.88 Å². The summed E-state index contributed by atoms with van der Waals surface area (Å²) in [5.74, 6) is -0.0668. The number of anilines is 1. The van der Waals surface area contributed by atoms with E-state index in [4.69, 9.17) is 21.4 Å². The minimum absolute atomic E-state index is 0.0763.